The number of methoxy groups -OCH3 is 1. The fraction of sp³-hybridized carbons (Fsp3) is 0.188. The summed E-state index contributed by atoms with van der Waals surface area (Å²) in [5.74, 6) is 0.338. The van der Waals surface area contributed by atoms with E-state index >= 15 is 0 Å². The molecule has 0 saturated heterocycles. The van der Waals surface area contributed by atoms with Gasteiger partial charge in [-0.3, -0.25) is 4.79 Å². The van der Waals surface area contributed by atoms with Gasteiger partial charge in [-0.15, -0.1) is 0 Å². The van der Waals surface area contributed by atoms with Crippen molar-refractivity contribution >= 4 is 52.5 Å². The second kappa shape index (κ2) is 8.15. The summed E-state index contributed by atoms with van der Waals surface area (Å²) in [7, 11) is 1.56. The number of carbonyl (C=O) groups excluding carboxylic acids is 1. The predicted octanol–water partition coefficient (Wildman–Crippen LogP) is 4.91. The molecular weight excluding hydrogens is 377 g/mol. The van der Waals surface area contributed by atoms with Crippen LogP contribution in [0, 0.1) is 0 Å². The smallest absolute Gasteiger partial charge is 0.252 e. The van der Waals surface area contributed by atoms with Gasteiger partial charge in [0.25, 0.3) is 5.91 Å². The lowest BCUT2D eigenvalue weighted by Crippen LogP contribution is -2.41. The molecule has 1 N–H and O–H groups in total. The van der Waals surface area contributed by atoms with Crippen molar-refractivity contribution in [2.75, 3.05) is 7.11 Å². The normalized spacial score (nSPS) is 12.5. The lowest BCUT2D eigenvalue weighted by atomic mass is 10.2. The van der Waals surface area contributed by atoms with Gasteiger partial charge in [-0.1, -0.05) is 64.8 Å². The highest BCUT2D eigenvalue weighted by Crippen LogP contribution is 2.39. The van der Waals surface area contributed by atoms with Crippen LogP contribution in [0.25, 0.3) is 0 Å². The number of thioether (sulfide) groups is 1. The van der Waals surface area contributed by atoms with Crippen molar-refractivity contribution in [2.24, 2.45) is 0 Å². The van der Waals surface area contributed by atoms with Crippen LogP contribution < -0.4 is 10.1 Å². The Kier molecular flexibility index (Phi) is 6.48. The Hall–Kier alpha value is -1.07. The van der Waals surface area contributed by atoms with E-state index in [9.17, 15) is 4.79 Å². The molecule has 0 bridgehead atoms. The molecule has 0 aliphatic rings. The van der Waals surface area contributed by atoms with E-state index in [1.165, 1.54) is 11.8 Å². The molecule has 2 aromatic carbocycles. The van der Waals surface area contributed by atoms with Crippen molar-refractivity contribution in [3.63, 3.8) is 0 Å². The van der Waals surface area contributed by atoms with E-state index in [0.29, 0.717) is 11.3 Å². The Morgan fingerprint density at radius 2 is 1.70 bits per heavy atom. The van der Waals surface area contributed by atoms with E-state index in [2.05, 4.69) is 5.32 Å². The van der Waals surface area contributed by atoms with Crippen molar-refractivity contribution in [3.05, 3.63) is 60.2 Å². The lowest BCUT2D eigenvalue weighted by Gasteiger charge is -2.25. The van der Waals surface area contributed by atoms with Gasteiger partial charge in [-0.2, -0.15) is 0 Å². The maximum atomic E-state index is 12.4. The van der Waals surface area contributed by atoms with Gasteiger partial charge in [0.2, 0.25) is 3.79 Å². The number of alkyl halides is 3. The lowest BCUT2D eigenvalue weighted by molar-refractivity contribution is 0.0950. The molecule has 1 atom stereocenters. The second-order valence-electron chi connectivity index (χ2n) is 4.55. The third kappa shape index (κ3) is 5.50. The van der Waals surface area contributed by atoms with E-state index in [1.54, 1.807) is 31.4 Å². The van der Waals surface area contributed by atoms with Crippen LogP contribution in [0.5, 0.6) is 5.75 Å². The zero-order valence-electron chi connectivity index (χ0n) is 12.1. The molecule has 0 saturated carbocycles. The predicted molar refractivity (Wildman–Crippen MR) is 96.8 cm³/mol. The van der Waals surface area contributed by atoms with Crippen LogP contribution in [-0.4, -0.2) is 22.2 Å². The van der Waals surface area contributed by atoms with E-state index in [4.69, 9.17) is 39.5 Å². The summed E-state index contributed by atoms with van der Waals surface area (Å²) >= 11 is 19.3. The minimum absolute atomic E-state index is 0.326. The molecule has 0 aliphatic carbocycles. The van der Waals surface area contributed by atoms with E-state index < -0.39 is 9.17 Å². The number of carbonyl (C=O) groups is 1. The molecular formula is C16H14Cl3NO2S. The summed E-state index contributed by atoms with van der Waals surface area (Å²) in [5.41, 5.74) is 0.457. The van der Waals surface area contributed by atoms with Crippen LogP contribution in [0.4, 0.5) is 0 Å². The van der Waals surface area contributed by atoms with Gasteiger partial charge < -0.3 is 10.1 Å². The first kappa shape index (κ1) is 18.3. The minimum Gasteiger partial charge on any atom is -0.497 e. The molecule has 23 heavy (non-hydrogen) atoms. The summed E-state index contributed by atoms with van der Waals surface area (Å²) in [6, 6.07) is 16.1. The second-order valence-corrected chi connectivity index (χ2v) is 8.10. The number of hydrogen-bond donors (Lipinski definition) is 1. The quantitative estimate of drug-likeness (QED) is 0.448. The first-order valence-corrected chi connectivity index (χ1v) is 8.65. The largest absolute Gasteiger partial charge is 0.497 e. The highest BCUT2D eigenvalue weighted by atomic mass is 35.6. The number of amides is 1. The molecule has 0 spiro atoms. The number of hydrogen-bond acceptors (Lipinski definition) is 3. The van der Waals surface area contributed by atoms with Crippen LogP contribution in [-0.2, 0) is 0 Å². The van der Waals surface area contributed by atoms with Crippen LogP contribution in [0.2, 0.25) is 0 Å². The average Bonchev–Trinajstić information content (AvgIpc) is 2.54. The van der Waals surface area contributed by atoms with Gasteiger partial charge in [0.15, 0.2) is 0 Å². The molecule has 7 heteroatoms. The minimum atomic E-state index is -1.65. The maximum Gasteiger partial charge on any atom is 0.252 e. The van der Waals surface area contributed by atoms with E-state index in [0.717, 1.165) is 4.90 Å². The molecule has 0 radical (unpaired) electrons. The van der Waals surface area contributed by atoms with Crippen molar-refractivity contribution in [1.82, 2.24) is 5.32 Å². The molecule has 2 aromatic rings. The standard InChI is InChI=1S/C16H14Cl3NO2S/c1-22-12-9-7-11(8-10-12)14(21)20-15(16(17,18)19)23-13-5-3-2-4-6-13/h2-10,15H,1H3,(H,20,21). The van der Waals surface area contributed by atoms with Crippen LogP contribution >= 0.6 is 46.6 Å². The number of nitrogens with one attached hydrogen (secondary N) is 1. The van der Waals surface area contributed by atoms with Crippen molar-refractivity contribution in [1.29, 1.82) is 0 Å². The molecule has 0 fully saturated rings. The topological polar surface area (TPSA) is 38.3 Å². The highest BCUT2D eigenvalue weighted by molar-refractivity contribution is 8.00. The monoisotopic (exact) mass is 389 g/mol. The maximum absolute atomic E-state index is 12.4. The molecule has 1 amide bonds. The number of halogens is 3. The molecule has 0 heterocycles. The fourth-order valence-corrected chi connectivity index (χ4v) is 3.21. The van der Waals surface area contributed by atoms with Crippen molar-refractivity contribution in [3.8, 4) is 5.75 Å². The SMILES string of the molecule is COc1ccc(C(=O)NC(Sc2ccccc2)C(Cl)(Cl)Cl)cc1. The molecule has 3 nitrogen and oxygen atoms in total. The average molecular weight is 391 g/mol. The first-order chi connectivity index (χ1) is 10.9. The van der Waals surface area contributed by atoms with Gasteiger partial charge in [-0.05, 0) is 36.4 Å². The Morgan fingerprint density at radius 3 is 2.22 bits per heavy atom. The molecule has 0 aromatic heterocycles. The summed E-state index contributed by atoms with van der Waals surface area (Å²) in [5, 5.41) is 2.01. The van der Waals surface area contributed by atoms with Gasteiger partial charge in [0.1, 0.15) is 11.1 Å². The van der Waals surface area contributed by atoms with Crippen LogP contribution in [0.15, 0.2) is 59.5 Å². The molecule has 0 aliphatic heterocycles. The van der Waals surface area contributed by atoms with Crippen LogP contribution in [0.3, 0.4) is 0 Å². The Labute approximate surface area is 154 Å². The number of ether oxygens (including phenoxy) is 1. The van der Waals surface area contributed by atoms with E-state index in [1.807, 2.05) is 30.3 Å². The Balaban J connectivity index is 2.12. The summed E-state index contributed by atoms with van der Waals surface area (Å²) < 4.78 is 3.41. The Morgan fingerprint density at radius 1 is 1.09 bits per heavy atom. The van der Waals surface area contributed by atoms with Gasteiger partial charge in [0, 0.05) is 10.5 Å². The molecule has 1 unspecified atom stereocenters. The molecule has 122 valence electrons. The highest BCUT2D eigenvalue weighted by Gasteiger charge is 2.35. The number of rotatable bonds is 5. The Bertz CT molecular complexity index is 645. The molecule has 2 rings (SSSR count). The third-order valence-electron chi connectivity index (χ3n) is 2.91. The number of benzene rings is 2. The van der Waals surface area contributed by atoms with Gasteiger partial charge in [0.05, 0.1) is 7.11 Å². The summed E-state index contributed by atoms with van der Waals surface area (Å²) in [4.78, 5) is 13.2. The fourth-order valence-electron chi connectivity index (χ4n) is 1.76. The van der Waals surface area contributed by atoms with Gasteiger partial charge >= 0.3 is 0 Å². The summed E-state index contributed by atoms with van der Waals surface area (Å²) in [6.07, 6.45) is 0. The first-order valence-electron chi connectivity index (χ1n) is 6.63. The third-order valence-corrected chi connectivity index (χ3v) is 5.20. The zero-order chi connectivity index (χ0) is 16.9. The zero-order valence-corrected chi connectivity index (χ0v) is 15.2. The van der Waals surface area contributed by atoms with Crippen molar-refractivity contribution < 1.29 is 9.53 Å². The summed E-state index contributed by atoms with van der Waals surface area (Å²) in [6.45, 7) is 0. The van der Waals surface area contributed by atoms with Crippen molar-refractivity contribution in [2.45, 2.75) is 14.1 Å². The van der Waals surface area contributed by atoms with Crippen LogP contribution in [0.1, 0.15) is 10.4 Å². The van der Waals surface area contributed by atoms with E-state index in [-0.39, 0.29) is 5.91 Å². The van der Waals surface area contributed by atoms with Gasteiger partial charge in [-0.25, -0.2) is 0 Å².